The molecule has 1 N–H and O–H groups in total. The summed E-state index contributed by atoms with van der Waals surface area (Å²) in [7, 11) is 0. The molecule has 1 aromatic carbocycles. The lowest BCUT2D eigenvalue weighted by atomic mass is 9.87. The van der Waals surface area contributed by atoms with E-state index in [1.807, 2.05) is 35.8 Å². The highest BCUT2D eigenvalue weighted by Gasteiger charge is 2.21. The molecule has 6 nitrogen and oxygen atoms in total. The first-order valence-corrected chi connectivity index (χ1v) is 10.7. The molecule has 3 aromatic rings. The number of thioether (sulfide) groups is 1. The molecular weight excluding hydrogens is 394 g/mol. The minimum absolute atomic E-state index is 0.0768. The van der Waals surface area contributed by atoms with Gasteiger partial charge in [0.2, 0.25) is 5.91 Å². The molecule has 2 heterocycles. The monoisotopic (exact) mass is 421 g/mol. The number of anilines is 1. The SMILES string of the molecule is C=CCn1c(SC(C)C(=O)Nc2ccc(C(C)(C)C)cc2)nnc1-c1ccncc1. The summed E-state index contributed by atoms with van der Waals surface area (Å²) in [5.41, 5.74) is 3.00. The zero-order valence-electron chi connectivity index (χ0n) is 17.8. The molecule has 1 amide bonds. The smallest absolute Gasteiger partial charge is 0.237 e. The lowest BCUT2D eigenvalue weighted by molar-refractivity contribution is -0.115. The summed E-state index contributed by atoms with van der Waals surface area (Å²) in [5.74, 6) is 0.646. The predicted molar refractivity (Wildman–Crippen MR) is 123 cm³/mol. The van der Waals surface area contributed by atoms with Crippen molar-refractivity contribution >= 4 is 23.4 Å². The maximum Gasteiger partial charge on any atom is 0.237 e. The Hall–Kier alpha value is -2.93. The Morgan fingerprint density at radius 1 is 1.17 bits per heavy atom. The molecule has 0 aliphatic carbocycles. The van der Waals surface area contributed by atoms with Crippen LogP contribution in [0.5, 0.6) is 0 Å². The van der Waals surface area contributed by atoms with Gasteiger partial charge in [0.15, 0.2) is 11.0 Å². The first-order chi connectivity index (χ1) is 14.3. The normalized spacial score (nSPS) is 12.4. The largest absolute Gasteiger partial charge is 0.325 e. The van der Waals surface area contributed by atoms with Gasteiger partial charge in [0, 0.05) is 30.2 Å². The van der Waals surface area contributed by atoms with Crippen LogP contribution in [0, 0.1) is 0 Å². The van der Waals surface area contributed by atoms with Crippen molar-refractivity contribution in [2.45, 2.75) is 50.1 Å². The topological polar surface area (TPSA) is 72.7 Å². The van der Waals surface area contributed by atoms with Crippen molar-refractivity contribution in [1.82, 2.24) is 19.7 Å². The second-order valence-electron chi connectivity index (χ2n) is 8.02. The highest BCUT2D eigenvalue weighted by Crippen LogP contribution is 2.28. The third-order valence-corrected chi connectivity index (χ3v) is 5.72. The fourth-order valence-electron chi connectivity index (χ4n) is 2.89. The van der Waals surface area contributed by atoms with Crippen molar-refractivity contribution in [3.05, 3.63) is 67.0 Å². The summed E-state index contributed by atoms with van der Waals surface area (Å²) in [5, 5.41) is 11.9. The van der Waals surface area contributed by atoms with E-state index in [4.69, 9.17) is 0 Å². The molecule has 0 aliphatic rings. The predicted octanol–water partition coefficient (Wildman–Crippen LogP) is 4.94. The first-order valence-electron chi connectivity index (χ1n) is 9.82. The second kappa shape index (κ2) is 9.26. The molecule has 7 heteroatoms. The van der Waals surface area contributed by atoms with Gasteiger partial charge in [0.05, 0.1) is 5.25 Å². The lowest BCUT2D eigenvalue weighted by Crippen LogP contribution is -2.23. The lowest BCUT2D eigenvalue weighted by Gasteiger charge is -2.19. The van der Waals surface area contributed by atoms with Gasteiger partial charge < -0.3 is 5.32 Å². The Bertz CT molecular complexity index is 1010. The number of pyridine rings is 1. The molecule has 0 fully saturated rings. The molecule has 0 radical (unpaired) electrons. The average Bonchev–Trinajstić information content (AvgIpc) is 3.11. The van der Waals surface area contributed by atoms with Crippen LogP contribution in [-0.4, -0.2) is 30.9 Å². The van der Waals surface area contributed by atoms with Crippen molar-refractivity contribution in [1.29, 1.82) is 0 Å². The summed E-state index contributed by atoms with van der Waals surface area (Å²) < 4.78 is 1.95. The minimum atomic E-state index is -0.342. The van der Waals surface area contributed by atoms with E-state index in [2.05, 4.69) is 60.0 Å². The van der Waals surface area contributed by atoms with Crippen LogP contribution in [-0.2, 0) is 16.8 Å². The van der Waals surface area contributed by atoms with E-state index in [0.717, 1.165) is 17.1 Å². The van der Waals surface area contributed by atoms with Crippen LogP contribution < -0.4 is 5.32 Å². The Morgan fingerprint density at radius 2 is 1.83 bits per heavy atom. The van der Waals surface area contributed by atoms with Crippen molar-refractivity contribution in [2.24, 2.45) is 0 Å². The zero-order chi connectivity index (χ0) is 21.7. The fourth-order valence-corrected chi connectivity index (χ4v) is 3.75. The van der Waals surface area contributed by atoms with Gasteiger partial charge in [0.1, 0.15) is 0 Å². The molecule has 0 bridgehead atoms. The number of amides is 1. The molecule has 0 saturated carbocycles. The zero-order valence-corrected chi connectivity index (χ0v) is 18.6. The van der Waals surface area contributed by atoms with E-state index >= 15 is 0 Å². The summed E-state index contributed by atoms with van der Waals surface area (Å²) in [6, 6.07) is 11.8. The third-order valence-electron chi connectivity index (χ3n) is 4.64. The number of hydrogen-bond donors (Lipinski definition) is 1. The van der Waals surface area contributed by atoms with Gasteiger partial charge in [0.25, 0.3) is 0 Å². The number of rotatable bonds is 7. The van der Waals surface area contributed by atoms with Crippen LogP contribution in [0.2, 0.25) is 0 Å². The van der Waals surface area contributed by atoms with E-state index in [1.165, 1.54) is 17.3 Å². The highest BCUT2D eigenvalue weighted by molar-refractivity contribution is 8.00. The van der Waals surface area contributed by atoms with Crippen molar-refractivity contribution in [3.63, 3.8) is 0 Å². The molecule has 1 atom stereocenters. The maximum atomic E-state index is 12.7. The van der Waals surface area contributed by atoms with E-state index in [9.17, 15) is 4.79 Å². The van der Waals surface area contributed by atoms with E-state index in [1.54, 1.807) is 18.5 Å². The molecular formula is C23H27N5OS. The molecule has 1 unspecified atom stereocenters. The molecule has 3 rings (SSSR count). The van der Waals surface area contributed by atoms with Gasteiger partial charge in [-0.05, 0) is 42.2 Å². The van der Waals surface area contributed by atoms with Gasteiger partial charge in [-0.1, -0.05) is 50.7 Å². The van der Waals surface area contributed by atoms with Gasteiger partial charge in [-0.25, -0.2) is 0 Å². The van der Waals surface area contributed by atoms with Crippen molar-refractivity contribution < 1.29 is 4.79 Å². The van der Waals surface area contributed by atoms with Crippen molar-refractivity contribution in [3.8, 4) is 11.4 Å². The molecule has 0 aliphatic heterocycles. The summed E-state index contributed by atoms with van der Waals surface area (Å²) in [6.45, 7) is 12.7. The number of benzene rings is 1. The van der Waals surface area contributed by atoms with Crippen LogP contribution in [0.25, 0.3) is 11.4 Å². The Balaban J connectivity index is 1.72. The summed E-state index contributed by atoms with van der Waals surface area (Å²) >= 11 is 1.37. The average molecular weight is 422 g/mol. The van der Waals surface area contributed by atoms with Gasteiger partial charge in [-0.15, -0.1) is 16.8 Å². The van der Waals surface area contributed by atoms with Crippen LogP contribution in [0.3, 0.4) is 0 Å². The Morgan fingerprint density at radius 3 is 2.43 bits per heavy atom. The highest BCUT2D eigenvalue weighted by atomic mass is 32.2. The van der Waals surface area contributed by atoms with Crippen LogP contribution >= 0.6 is 11.8 Å². The van der Waals surface area contributed by atoms with Gasteiger partial charge in [-0.3, -0.25) is 14.3 Å². The third kappa shape index (κ3) is 5.16. The van der Waals surface area contributed by atoms with E-state index < -0.39 is 0 Å². The number of allylic oxidation sites excluding steroid dienone is 1. The number of hydrogen-bond acceptors (Lipinski definition) is 5. The van der Waals surface area contributed by atoms with E-state index in [0.29, 0.717) is 11.7 Å². The molecule has 156 valence electrons. The Kier molecular flexibility index (Phi) is 6.72. The quantitative estimate of drug-likeness (QED) is 0.432. The van der Waals surface area contributed by atoms with E-state index in [-0.39, 0.29) is 16.6 Å². The number of carbonyl (C=O) groups excluding carboxylic acids is 1. The van der Waals surface area contributed by atoms with Crippen LogP contribution in [0.4, 0.5) is 5.69 Å². The van der Waals surface area contributed by atoms with Gasteiger partial charge in [-0.2, -0.15) is 0 Å². The summed E-state index contributed by atoms with van der Waals surface area (Å²) in [4.78, 5) is 16.8. The van der Waals surface area contributed by atoms with Gasteiger partial charge >= 0.3 is 0 Å². The van der Waals surface area contributed by atoms with Crippen molar-refractivity contribution in [2.75, 3.05) is 5.32 Å². The standard InChI is InChI=1S/C23H27N5OS/c1-6-15-28-20(17-11-13-24-14-12-17)26-27-22(28)30-16(2)21(29)25-19-9-7-18(8-10-19)23(3,4)5/h6-14,16H,1,15H2,2-5H3,(H,25,29). The number of nitrogens with zero attached hydrogens (tertiary/aromatic N) is 4. The van der Waals surface area contributed by atoms with Crippen LogP contribution in [0.15, 0.2) is 66.6 Å². The summed E-state index contributed by atoms with van der Waals surface area (Å²) in [6.07, 6.45) is 5.23. The maximum absolute atomic E-state index is 12.7. The Labute approximate surface area is 181 Å². The molecule has 0 spiro atoms. The number of aromatic nitrogens is 4. The first kappa shape index (κ1) is 21.8. The second-order valence-corrected chi connectivity index (χ2v) is 9.33. The molecule has 0 saturated heterocycles. The van der Waals surface area contributed by atoms with Crippen LogP contribution in [0.1, 0.15) is 33.3 Å². The fraction of sp³-hybridized carbons (Fsp3) is 0.304. The molecule has 2 aromatic heterocycles. The number of nitrogens with one attached hydrogen (secondary N) is 1. The number of carbonyl (C=O) groups is 1. The minimum Gasteiger partial charge on any atom is -0.325 e. The molecule has 30 heavy (non-hydrogen) atoms.